The van der Waals surface area contributed by atoms with Gasteiger partial charge in [0.2, 0.25) is 5.95 Å². The van der Waals surface area contributed by atoms with Gasteiger partial charge >= 0.3 is 0 Å². The van der Waals surface area contributed by atoms with Gasteiger partial charge in [0.1, 0.15) is 12.8 Å². The molecule has 4 aromatic rings. The number of aromatic nitrogens is 4. The molecule has 0 fully saturated rings. The molecule has 1 amide bonds. The lowest BCUT2D eigenvalue weighted by molar-refractivity contribution is 0.0944. The predicted octanol–water partition coefficient (Wildman–Crippen LogP) is 3.59. The molecule has 3 heterocycles. The molecule has 0 spiro atoms. The first kappa shape index (κ1) is 26.9. The standard InChI is InChI=1S/C28H35N7O3/c1-7-34(8-2)13-12-29-26(36)23-15-22(19(5)31-23)32-28-30-16-20-14-21(24-17(3)10-9-11-18(24)4)27(37)35(38-6)25(20)33-28/h9-11,14-16,31H,7-8,12-13H2,1-6H3,(H,29,36)(H,30,32,33). The molecule has 4 rings (SSSR count). The summed E-state index contributed by atoms with van der Waals surface area (Å²) in [6.07, 6.45) is 1.65. The zero-order chi connectivity index (χ0) is 27.4. The Hall–Kier alpha value is -4.18. The van der Waals surface area contributed by atoms with Gasteiger partial charge in [-0.15, -0.1) is 4.73 Å². The molecule has 0 saturated carbocycles. The van der Waals surface area contributed by atoms with E-state index in [1.165, 1.54) is 11.8 Å². The summed E-state index contributed by atoms with van der Waals surface area (Å²) in [7, 11) is 1.44. The van der Waals surface area contributed by atoms with Crippen molar-refractivity contribution in [2.24, 2.45) is 0 Å². The van der Waals surface area contributed by atoms with Crippen LogP contribution in [0.25, 0.3) is 22.2 Å². The number of carbonyl (C=O) groups is 1. The van der Waals surface area contributed by atoms with Crippen LogP contribution in [-0.2, 0) is 0 Å². The molecule has 0 saturated heterocycles. The van der Waals surface area contributed by atoms with E-state index in [1.54, 1.807) is 18.3 Å². The fourth-order valence-corrected chi connectivity index (χ4v) is 4.61. The Bertz CT molecular complexity index is 1500. The number of benzene rings is 1. The van der Waals surface area contributed by atoms with E-state index in [4.69, 9.17) is 4.84 Å². The third-order valence-corrected chi connectivity index (χ3v) is 6.75. The first-order chi connectivity index (χ1) is 18.3. The van der Waals surface area contributed by atoms with Crippen molar-refractivity contribution in [2.75, 3.05) is 38.6 Å². The highest BCUT2D eigenvalue weighted by atomic mass is 16.6. The minimum atomic E-state index is -0.302. The third-order valence-electron chi connectivity index (χ3n) is 6.75. The fourth-order valence-electron chi connectivity index (χ4n) is 4.61. The Balaban J connectivity index is 1.60. The summed E-state index contributed by atoms with van der Waals surface area (Å²) in [5.41, 5.74) is 5.30. The van der Waals surface area contributed by atoms with Crippen LogP contribution in [0.2, 0.25) is 0 Å². The van der Waals surface area contributed by atoms with E-state index in [0.717, 1.165) is 42.0 Å². The van der Waals surface area contributed by atoms with E-state index in [9.17, 15) is 9.59 Å². The van der Waals surface area contributed by atoms with Crippen LogP contribution < -0.4 is 21.0 Å². The molecule has 0 aliphatic carbocycles. The maximum Gasteiger partial charge on any atom is 0.292 e. The molecule has 0 bridgehead atoms. The molecule has 3 aromatic heterocycles. The number of hydrogen-bond acceptors (Lipinski definition) is 7. The van der Waals surface area contributed by atoms with Gasteiger partial charge in [-0.05, 0) is 62.7 Å². The Labute approximate surface area is 222 Å². The minimum absolute atomic E-state index is 0.181. The van der Waals surface area contributed by atoms with E-state index in [1.807, 2.05) is 39.0 Å². The second kappa shape index (κ2) is 11.5. The lowest BCUT2D eigenvalue weighted by Crippen LogP contribution is -2.34. The number of likely N-dealkylation sites (N-methyl/N-ethyl adjacent to an activating group) is 1. The van der Waals surface area contributed by atoms with Crippen molar-refractivity contribution in [3.8, 4) is 11.1 Å². The SMILES string of the molecule is CCN(CC)CCNC(=O)c1cc(Nc2ncc3cc(-c4c(C)cccc4C)c(=O)n(OC)c3n2)c(C)[nH]1. The molecule has 0 radical (unpaired) electrons. The summed E-state index contributed by atoms with van der Waals surface area (Å²) in [4.78, 5) is 45.9. The topological polar surface area (TPSA) is 117 Å². The summed E-state index contributed by atoms with van der Waals surface area (Å²) in [5.74, 6) is 0.0955. The van der Waals surface area contributed by atoms with Crippen molar-refractivity contribution in [3.63, 3.8) is 0 Å². The number of carbonyl (C=O) groups excluding carboxylic acids is 1. The number of anilines is 2. The first-order valence-corrected chi connectivity index (χ1v) is 12.8. The zero-order valence-corrected chi connectivity index (χ0v) is 22.8. The smallest absolute Gasteiger partial charge is 0.292 e. The number of hydrogen-bond donors (Lipinski definition) is 3. The molecular formula is C28H35N7O3. The highest BCUT2D eigenvalue weighted by Crippen LogP contribution is 2.27. The summed E-state index contributed by atoms with van der Waals surface area (Å²) in [6, 6.07) is 9.45. The number of amides is 1. The molecule has 38 heavy (non-hydrogen) atoms. The van der Waals surface area contributed by atoms with Crippen LogP contribution in [0.15, 0.2) is 41.3 Å². The van der Waals surface area contributed by atoms with Gasteiger partial charge in [0.15, 0.2) is 5.65 Å². The molecular weight excluding hydrogens is 482 g/mol. The highest BCUT2D eigenvalue weighted by molar-refractivity contribution is 5.94. The monoisotopic (exact) mass is 517 g/mol. The van der Waals surface area contributed by atoms with E-state index in [2.05, 4.69) is 44.3 Å². The van der Waals surface area contributed by atoms with Gasteiger partial charge in [-0.2, -0.15) is 4.98 Å². The lowest BCUT2D eigenvalue weighted by atomic mass is 9.96. The summed E-state index contributed by atoms with van der Waals surface area (Å²) in [5, 5.41) is 6.76. The van der Waals surface area contributed by atoms with Crippen LogP contribution in [0.3, 0.4) is 0 Å². The van der Waals surface area contributed by atoms with Crippen molar-refractivity contribution >= 4 is 28.6 Å². The van der Waals surface area contributed by atoms with Crippen LogP contribution in [-0.4, -0.2) is 63.8 Å². The molecule has 0 unspecified atom stereocenters. The zero-order valence-electron chi connectivity index (χ0n) is 22.8. The van der Waals surface area contributed by atoms with Crippen molar-refractivity contribution in [1.82, 2.24) is 29.9 Å². The Morgan fingerprint density at radius 3 is 2.50 bits per heavy atom. The van der Waals surface area contributed by atoms with E-state index >= 15 is 0 Å². The Kier molecular flexibility index (Phi) is 8.11. The maximum atomic E-state index is 13.4. The number of pyridine rings is 1. The first-order valence-electron chi connectivity index (χ1n) is 12.8. The molecule has 10 heteroatoms. The van der Waals surface area contributed by atoms with Crippen LogP contribution >= 0.6 is 0 Å². The number of aromatic amines is 1. The van der Waals surface area contributed by atoms with Gasteiger partial charge in [0.05, 0.1) is 11.3 Å². The average Bonchev–Trinajstić information content (AvgIpc) is 3.27. The van der Waals surface area contributed by atoms with Crippen molar-refractivity contribution in [1.29, 1.82) is 0 Å². The average molecular weight is 518 g/mol. The van der Waals surface area contributed by atoms with Gasteiger partial charge in [-0.25, -0.2) is 4.98 Å². The molecule has 3 N–H and O–H groups in total. The largest absolute Gasteiger partial charge is 0.412 e. The van der Waals surface area contributed by atoms with E-state index in [0.29, 0.717) is 34.5 Å². The van der Waals surface area contributed by atoms with Gasteiger partial charge in [-0.1, -0.05) is 32.0 Å². The summed E-state index contributed by atoms with van der Waals surface area (Å²) < 4.78 is 1.18. The normalized spacial score (nSPS) is 11.2. The van der Waals surface area contributed by atoms with Gasteiger partial charge in [0, 0.05) is 30.4 Å². The van der Waals surface area contributed by atoms with Crippen LogP contribution in [0.4, 0.5) is 11.6 Å². The maximum absolute atomic E-state index is 13.4. The second-order valence-electron chi connectivity index (χ2n) is 9.21. The molecule has 200 valence electrons. The van der Waals surface area contributed by atoms with Crippen molar-refractivity contribution in [3.05, 3.63) is 69.4 Å². The quantitative estimate of drug-likeness (QED) is 0.294. The second-order valence-corrected chi connectivity index (χ2v) is 9.21. The molecule has 10 nitrogen and oxygen atoms in total. The lowest BCUT2D eigenvalue weighted by Gasteiger charge is -2.17. The van der Waals surface area contributed by atoms with Crippen LogP contribution in [0.5, 0.6) is 0 Å². The van der Waals surface area contributed by atoms with Gasteiger partial charge < -0.3 is 25.4 Å². The fraction of sp³-hybridized carbons (Fsp3) is 0.357. The van der Waals surface area contributed by atoms with E-state index in [-0.39, 0.29) is 17.4 Å². The summed E-state index contributed by atoms with van der Waals surface area (Å²) in [6.45, 7) is 13.3. The minimum Gasteiger partial charge on any atom is -0.412 e. The molecule has 0 aliphatic rings. The third kappa shape index (κ3) is 5.40. The van der Waals surface area contributed by atoms with Crippen molar-refractivity contribution in [2.45, 2.75) is 34.6 Å². The number of nitrogens with one attached hydrogen (secondary N) is 3. The molecule has 0 aliphatic heterocycles. The number of H-pyrrole nitrogens is 1. The van der Waals surface area contributed by atoms with Gasteiger partial charge in [0.25, 0.3) is 11.5 Å². The number of aryl methyl sites for hydroxylation is 3. The number of rotatable bonds is 10. The van der Waals surface area contributed by atoms with Crippen molar-refractivity contribution < 1.29 is 9.63 Å². The number of fused-ring (bicyclic) bond motifs is 1. The van der Waals surface area contributed by atoms with Gasteiger partial charge in [-0.3, -0.25) is 9.59 Å². The molecule has 0 atom stereocenters. The predicted molar refractivity (Wildman–Crippen MR) is 150 cm³/mol. The highest BCUT2D eigenvalue weighted by Gasteiger charge is 2.18. The van der Waals surface area contributed by atoms with Crippen LogP contribution in [0.1, 0.15) is 41.2 Å². The van der Waals surface area contributed by atoms with E-state index < -0.39 is 0 Å². The number of nitrogens with zero attached hydrogens (tertiary/aromatic N) is 4. The Morgan fingerprint density at radius 2 is 1.84 bits per heavy atom. The molecule has 1 aromatic carbocycles. The Morgan fingerprint density at radius 1 is 1.13 bits per heavy atom. The summed E-state index contributed by atoms with van der Waals surface area (Å²) >= 11 is 0. The van der Waals surface area contributed by atoms with Crippen LogP contribution in [0, 0.1) is 20.8 Å².